The van der Waals surface area contributed by atoms with Crippen LogP contribution in [0.1, 0.15) is 31.2 Å². The summed E-state index contributed by atoms with van der Waals surface area (Å²) in [5, 5.41) is 8.11. The second-order valence-electron chi connectivity index (χ2n) is 6.53. The monoisotopic (exact) mass is 285 g/mol. The van der Waals surface area contributed by atoms with Gasteiger partial charge in [-0.1, -0.05) is 0 Å². The molecule has 2 fully saturated rings. The van der Waals surface area contributed by atoms with Gasteiger partial charge >= 0.3 is 0 Å². The molecule has 1 saturated carbocycles. The molecule has 0 amide bonds. The minimum absolute atomic E-state index is 0.692. The summed E-state index contributed by atoms with van der Waals surface area (Å²) in [6, 6.07) is 5.00. The van der Waals surface area contributed by atoms with Crippen molar-refractivity contribution in [3.8, 4) is 0 Å². The van der Waals surface area contributed by atoms with E-state index in [9.17, 15) is 0 Å². The van der Waals surface area contributed by atoms with Crippen LogP contribution in [0.4, 0.5) is 5.82 Å². The van der Waals surface area contributed by atoms with E-state index in [1.54, 1.807) is 6.33 Å². The predicted octanol–water partition coefficient (Wildman–Crippen LogP) is 2.01. The maximum absolute atomic E-state index is 4.37. The van der Waals surface area contributed by atoms with Crippen LogP contribution in [0.25, 0.3) is 5.65 Å². The Morgan fingerprint density at radius 3 is 2.76 bits per heavy atom. The van der Waals surface area contributed by atoms with Crippen LogP contribution in [-0.4, -0.2) is 40.3 Å². The fraction of sp³-hybridized carbons (Fsp3) is 0.625. The summed E-state index contributed by atoms with van der Waals surface area (Å²) in [5.74, 6) is 2.15. The van der Waals surface area contributed by atoms with Gasteiger partial charge in [-0.2, -0.15) is 9.61 Å². The van der Waals surface area contributed by atoms with Crippen molar-refractivity contribution >= 4 is 11.5 Å². The number of hydrogen-bond donors (Lipinski definition) is 1. The van der Waals surface area contributed by atoms with E-state index in [1.165, 1.54) is 43.6 Å². The third kappa shape index (κ3) is 2.75. The third-order valence-corrected chi connectivity index (χ3v) is 4.72. The Morgan fingerprint density at radius 2 is 2.00 bits per heavy atom. The molecule has 0 atom stereocenters. The predicted molar refractivity (Wildman–Crippen MR) is 83.7 cm³/mol. The van der Waals surface area contributed by atoms with Crippen LogP contribution in [0.15, 0.2) is 18.5 Å². The molecule has 1 aliphatic carbocycles. The van der Waals surface area contributed by atoms with Gasteiger partial charge in [-0.05, 0) is 62.8 Å². The van der Waals surface area contributed by atoms with E-state index < -0.39 is 0 Å². The summed E-state index contributed by atoms with van der Waals surface area (Å²) in [7, 11) is 0. The molecule has 4 rings (SSSR count). The Labute approximate surface area is 125 Å². The van der Waals surface area contributed by atoms with Gasteiger partial charge in [0.05, 0.1) is 0 Å². The quantitative estimate of drug-likeness (QED) is 0.933. The fourth-order valence-corrected chi connectivity index (χ4v) is 3.23. The number of aromatic nitrogens is 3. The van der Waals surface area contributed by atoms with Crippen molar-refractivity contribution in [1.29, 1.82) is 0 Å². The molecule has 0 radical (unpaired) electrons. The van der Waals surface area contributed by atoms with Gasteiger partial charge in [-0.15, -0.1) is 0 Å². The average molecular weight is 285 g/mol. The zero-order valence-corrected chi connectivity index (χ0v) is 12.6. The second-order valence-corrected chi connectivity index (χ2v) is 6.53. The van der Waals surface area contributed by atoms with Crippen molar-refractivity contribution < 1.29 is 0 Å². The van der Waals surface area contributed by atoms with Gasteiger partial charge in [-0.25, -0.2) is 4.98 Å². The van der Waals surface area contributed by atoms with Gasteiger partial charge in [0, 0.05) is 19.1 Å². The number of nitrogens with one attached hydrogen (secondary N) is 1. The Kier molecular flexibility index (Phi) is 3.30. The molecular weight excluding hydrogens is 262 g/mol. The van der Waals surface area contributed by atoms with Crippen molar-refractivity contribution in [2.24, 2.45) is 5.92 Å². The highest BCUT2D eigenvalue weighted by molar-refractivity contribution is 5.53. The third-order valence-electron chi connectivity index (χ3n) is 4.72. The zero-order valence-electron chi connectivity index (χ0n) is 12.6. The number of fused-ring (bicyclic) bond motifs is 1. The van der Waals surface area contributed by atoms with E-state index in [0.717, 1.165) is 24.7 Å². The molecule has 1 N–H and O–H groups in total. The lowest BCUT2D eigenvalue weighted by Gasteiger charge is -2.34. The normalized spacial score (nSPS) is 20.3. The average Bonchev–Trinajstić information content (AvgIpc) is 3.21. The van der Waals surface area contributed by atoms with Crippen molar-refractivity contribution in [2.75, 3.05) is 24.5 Å². The van der Waals surface area contributed by atoms with E-state index in [2.05, 4.69) is 39.4 Å². The lowest BCUT2D eigenvalue weighted by Crippen LogP contribution is -2.43. The molecule has 0 spiro atoms. The molecule has 0 aromatic carbocycles. The van der Waals surface area contributed by atoms with Gasteiger partial charge in [0.1, 0.15) is 12.1 Å². The molecule has 0 unspecified atom stereocenters. The molecule has 2 aromatic rings. The SMILES string of the molecule is Cc1cc(N2CCC(NCC3CC3)CC2)n2ncnc2c1. The Morgan fingerprint density at radius 1 is 1.19 bits per heavy atom. The molecular formula is C16H23N5. The maximum Gasteiger partial charge on any atom is 0.157 e. The highest BCUT2D eigenvalue weighted by atomic mass is 15.4. The summed E-state index contributed by atoms with van der Waals surface area (Å²) in [5.41, 5.74) is 2.19. The molecule has 112 valence electrons. The summed E-state index contributed by atoms with van der Waals surface area (Å²) < 4.78 is 1.96. The van der Waals surface area contributed by atoms with Gasteiger partial charge in [0.25, 0.3) is 0 Å². The van der Waals surface area contributed by atoms with E-state index in [1.807, 2.05) is 4.52 Å². The van der Waals surface area contributed by atoms with Crippen molar-refractivity contribution in [3.63, 3.8) is 0 Å². The van der Waals surface area contributed by atoms with E-state index in [0.29, 0.717) is 6.04 Å². The lowest BCUT2D eigenvalue weighted by molar-refractivity contribution is 0.406. The number of aryl methyl sites for hydroxylation is 1. The van der Waals surface area contributed by atoms with Crippen LogP contribution in [0.2, 0.25) is 0 Å². The minimum atomic E-state index is 0.692. The maximum atomic E-state index is 4.37. The van der Waals surface area contributed by atoms with Crippen molar-refractivity contribution in [1.82, 2.24) is 19.9 Å². The fourth-order valence-electron chi connectivity index (χ4n) is 3.23. The zero-order chi connectivity index (χ0) is 14.2. The summed E-state index contributed by atoms with van der Waals surface area (Å²) in [4.78, 5) is 6.77. The van der Waals surface area contributed by atoms with Crippen molar-refractivity contribution in [3.05, 3.63) is 24.0 Å². The van der Waals surface area contributed by atoms with Crippen LogP contribution < -0.4 is 10.2 Å². The van der Waals surface area contributed by atoms with Crippen LogP contribution >= 0.6 is 0 Å². The van der Waals surface area contributed by atoms with E-state index >= 15 is 0 Å². The van der Waals surface area contributed by atoms with Crippen LogP contribution in [-0.2, 0) is 0 Å². The standard InChI is InChI=1S/C16H23N5/c1-12-8-15-18-11-19-21(15)16(9-12)20-6-4-14(5-7-20)17-10-13-2-3-13/h8-9,11,13-14,17H,2-7,10H2,1H3. The van der Waals surface area contributed by atoms with Gasteiger partial charge in [0.15, 0.2) is 5.65 Å². The molecule has 3 heterocycles. The highest BCUT2D eigenvalue weighted by Crippen LogP contribution is 2.28. The van der Waals surface area contributed by atoms with Gasteiger partial charge in [-0.3, -0.25) is 0 Å². The van der Waals surface area contributed by atoms with Crippen LogP contribution in [0.5, 0.6) is 0 Å². The molecule has 1 saturated heterocycles. The smallest absolute Gasteiger partial charge is 0.157 e. The largest absolute Gasteiger partial charge is 0.356 e. The molecule has 5 heteroatoms. The van der Waals surface area contributed by atoms with Gasteiger partial charge in [0.2, 0.25) is 0 Å². The highest BCUT2D eigenvalue weighted by Gasteiger charge is 2.25. The molecule has 2 aliphatic rings. The topological polar surface area (TPSA) is 45.5 Å². The summed E-state index contributed by atoms with van der Waals surface area (Å²) in [6.07, 6.45) is 6.94. The van der Waals surface area contributed by atoms with Crippen LogP contribution in [0, 0.1) is 12.8 Å². The number of anilines is 1. The first kappa shape index (κ1) is 13.1. The molecule has 21 heavy (non-hydrogen) atoms. The van der Waals surface area contributed by atoms with Crippen LogP contribution in [0.3, 0.4) is 0 Å². The lowest BCUT2D eigenvalue weighted by atomic mass is 10.0. The number of rotatable bonds is 4. The Bertz CT molecular complexity index is 623. The number of pyridine rings is 1. The summed E-state index contributed by atoms with van der Waals surface area (Å²) >= 11 is 0. The van der Waals surface area contributed by atoms with E-state index in [4.69, 9.17) is 0 Å². The first-order valence-corrected chi connectivity index (χ1v) is 8.08. The molecule has 5 nitrogen and oxygen atoms in total. The summed E-state index contributed by atoms with van der Waals surface area (Å²) in [6.45, 7) is 5.55. The first-order valence-electron chi connectivity index (χ1n) is 8.08. The van der Waals surface area contributed by atoms with Crippen molar-refractivity contribution in [2.45, 2.75) is 38.6 Å². The first-order chi connectivity index (χ1) is 10.3. The number of piperidine rings is 1. The Balaban J connectivity index is 1.45. The number of hydrogen-bond acceptors (Lipinski definition) is 4. The molecule has 0 bridgehead atoms. The molecule has 2 aromatic heterocycles. The second kappa shape index (κ2) is 5.30. The minimum Gasteiger partial charge on any atom is -0.356 e. The Hall–Kier alpha value is -1.62. The number of nitrogens with zero attached hydrogens (tertiary/aromatic N) is 4. The van der Waals surface area contributed by atoms with E-state index in [-0.39, 0.29) is 0 Å². The molecule has 1 aliphatic heterocycles. The van der Waals surface area contributed by atoms with Gasteiger partial charge < -0.3 is 10.2 Å².